The quantitative estimate of drug-likeness (QED) is 0.267. The van der Waals surface area contributed by atoms with E-state index in [1.165, 1.54) is 23.1 Å². The fourth-order valence-electron chi connectivity index (χ4n) is 4.08. The van der Waals surface area contributed by atoms with Gasteiger partial charge < -0.3 is 10.2 Å². The first-order valence-electron chi connectivity index (χ1n) is 13.0. The van der Waals surface area contributed by atoms with Gasteiger partial charge >= 0.3 is 0 Å². The van der Waals surface area contributed by atoms with Crippen LogP contribution in [0, 0.1) is 13.8 Å². The predicted molar refractivity (Wildman–Crippen MR) is 164 cm³/mol. The Morgan fingerprint density at radius 3 is 2.30 bits per heavy atom. The van der Waals surface area contributed by atoms with E-state index in [2.05, 4.69) is 21.2 Å². The average molecular weight is 649 g/mol. The van der Waals surface area contributed by atoms with E-state index in [0.29, 0.717) is 16.3 Å². The van der Waals surface area contributed by atoms with Gasteiger partial charge in [0, 0.05) is 22.1 Å². The molecule has 2 atom stereocenters. The summed E-state index contributed by atoms with van der Waals surface area (Å²) in [6.07, 6.45) is 0.731. The summed E-state index contributed by atoms with van der Waals surface area (Å²) in [6.45, 7) is 8.72. The second-order valence-corrected chi connectivity index (χ2v) is 13.1. The van der Waals surface area contributed by atoms with E-state index in [0.717, 1.165) is 26.3 Å². The van der Waals surface area contributed by atoms with Crippen molar-refractivity contribution in [1.82, 2.24) is 10.2 Å². The molecule has 1 N–H and O–H groups in total. The number of sulfonamides is 1. The lowest BCUT2D eigenvalue weighted by Gasteiger charge is -2.33. The van der Waals surface area contributed by atoms with Gasteiger partial charge in [-0.25, -0.2) is 8.42 Å². The molecule has 3 aromatic carbocycles. The van der Waals surface area contributed by atoms with E-state index in [4.69, 9.17) is 11.6 Å². The molecule has 0 aliphatic carbocycles. The Morgan fingerprint density at radius 1 is 1.00 bits per heavy atom. The lowest BCUT2D eigenvalue weighted by Crippen LogP contribution is -2.52. The molecule has 0 saturated carbocycles. The van der Waals surface area contributed by atoms with Crippen molar-refractivity contribution in [1.29, 1.82) is 0 Å². The van der Waals surface area contributed by atoms with Gasteiger partial charge in [-0.1, -0.05) is 70.3 Å². The maximum atomic E-state index is 14.0. The van der Waals surface area contributed by atoms with Crippen molar-refractivity contribution in [3.05, 3.63) is 92.9 Å². The number of hydrogen-bond donors (Lipinski definition) is 1. The van der Waals surface area contributed by atoms with Crippen LogP contribution in [0.3, 0.4) is 0 Å². The van der Waals surface area contributed by atoms with Crippen LogP contribution in [0.25, 0.3) is 0 Å². The second-order valence-electron chi connectivity index (χ2n) is 9.90. The normalized spacial score (nSPS) is 12.9. The number of benzene rings is 3. The van der Waals surface area contributed by atoms with Crippen molar-refractivity contribution < 1.29 is 18.0 Å². The first-order chi connectivity index (χ1) is 18.8. The van der Waals surface area contributed by atoms with Crippen molar-refractivity contribution in [2.24, 2.45) is 0 Å². The second kappa shape index (κ2) is 13.7. The zero-order chi connectivity index (χ0) is 29.6. The molecule has 0 aliphatic heterocycles. The van der Waals surface area contributed by atoms with Gasteiger partial charge in [-0.3, -0.25) is 13.9 Å². The van der Waals surface area contributed by atoms with Gasteiger partial charge in [0.25, 0.3) is 10.0 Å². The number of hydrogen-bond acceptors (Lipinski definition) is 4. The summed E-state index contributed by atoms with van der Waals surface area (Å²) in [5.41, 5.74) is 2.62. The summed E-state index contributed by atoms with van der Waals surface area (Å²) in [7, 11) is -4.17. The van der Waals surface area contributed by atoms with Crippen LogP contribution < -0.4 is 9.62 Å². The summed E-state index contributed by atoms with van der Waals surface area (Å²) in [5.74, 6) is -0.841. The third-order valence-corrected chi connectivity index (χ3v) is 9.24. The van der Waals surface area contributed by atoms with Gasteiger partial charge in [0.15, 0.2) is 0 Å². The molecule has 214 valence electrons. The number of nitrogens with zero attached hydrogens (tertiary/aromatic N) is 2. The first kappa shape index (κ1) is 31.6. The number of carbonyl (C=O) groups excluding carboxylic acids is 2. The molecule has 0 spiro atoms. The lowest BCUT2D eigenvalue weighted by atomic mass is 10.1. The number of anilines is 1. The SMILES string of the molecule is CC[C@H](C)NC(=O)[C@H](C)N(Cc1cccc(Br)c1)C(=O)CN(c1cc(Cl)ccc1C)S(=O)(=O)c1ccc(C)cc1. The van der Waals surface area contributed by atoms with E-state index in [1.807, 2.05) is 45.0 Å². The third-order valence-electron chi connectivity index (χ3n) is 6.74. The zero-order valence-electron chi connectivity index (χ0n) is 23.3. The Balaban J connectivity index is 2.07. The van der Waals surface area contributed by atoms with Crippen molar-refractivity contribution in [3.8, 4) is 0 Å². The minimum atomic E-state index is -4.17. The maximum Gasteiger partial charge on any atom is 0.264 e. The van der Waals surface area contributed by atoms with Crippen molar-refractivity contribution in [2.75, 3.05) is 10.8 Å². The van der Waals surface area contributed by atoms with Crippen molar-refractivity contribution in [2.45, 2.75) is 64.6 Å². The van der Waals surface area contributed by atoms with Crippen LogP contribution in [0.4, 0.5) is 5.69 Å². The van der Waals surface area contributed by atoms with Crippen LogP contribution in [0.2, 0.25) is 5.02 Å². The first-order valence-corrected chi connectivity index (χ1v) is 15.6. The van der Waals surface area contributed by atoms with Crippen LogP contribution in [-0.4, -0.2) is 43.8 Å². The lowest BCUT2D eigenvalue weighted by molar-refractivity contribution is -0.139. The van der Waals surface area contributed by atoms with Crippen LogP contribution in [-0.2, 0) is 26.2 Å². The molecule has 3 aromatic rings. The molecule has 7 nitrogen and oxygen atoms in total. The van der Waals surface area contributed by atoms with Crippen molar-refractivity contribution in [3.63, 3.8) is 0 Å². The number of rotatable bonds is 11. The smallest absolute Gasteiger partial charge is 0.264 e. The highest BCUT2D eigenvalue weighted by atomic mass is 79.9. The molecule has 0 radical (unpaired) electrons. The Morgan fingerprint density at radius 2 is 1.68 bits per heavy atom. The standard InChI is InChI=1S/C30H35BrClN3O4S/c1-6-22(4)33-30(37)23(5)34(18-24-8-7-9-25(31)16-24)29(36)19-35(28-17-26(32)13-12-21(28)3)40(38,39)27-14-10-20(2)11-15-27/h7-17,22-23H,6,18-19H2,1-5H3,(H,33,37)/t22-,23-/m0/s1. The van der Waals surface area contributed by atoms with E-state index in [9.17, 15) is 18.0 Å². The molecule has 40 heavy (non-hydrogen) atoms. The Hall–Kier alpha value is -2.88. The Labute approximate surface area is 250 Å². The number of amides is 2. The Kier molecular flexibility index (Phi) is 10.8. The summed E-state index contributed by atoms with van der Waals surface area (Å²) in [5, 5.41) is 3.27. The van der Waals surface area contributed by atoms with E-state index < -0.39 is 28.5 Å². The largest absolute Gasteiger partial charge is 0.352 e. The van der Waals surface area contributed by atoms with Crippen LogP contribution in [0.15, 0.2) is 76.1 Å². The molecule has 0 bridgehead atoms. The topological polar surface area (TPSA) is 86.8 Å². The highest BCUT2D eigenvalue weighted by Crippen LogP contribution is 2.30. The minimum absolute atomic E-state index is 0.0476. The maximum absolute atomic E-state index is 14.0. The van der Waals surface area contributed by atoms with E-state index >= 15 is 0 Å². The van der Waals surface area contributed by atoms with Gasteiger partial charge in [-0.05, 0) is 81.6 Å². The van der Waals surface area contributed by atoms with E-state index in [1.54, 1.807) is 38.1 Å². The highest BCUT2D eigenvalue weighted by Gasteiger charge is 2.33. The van der Waals surface area contributed by atoms with Crippen LogP contribution in [0.1, 0.15) is 43.9 Å². The Bertz CT molecular complexity index is 1460. The molecule has 0 aromatic heterocycles. The highest BCUT2D eigenvalue weighted by molar-refractivity contribution is 9.10. The van der Waals surface area contributed by atoms with Gasteiger partial charge in [-0.15, -0.1) is 0 Å². The summed E-state index contributed by atoms with van der Waals surface area (Å²) >= 11 is 9.74. The molecule has 0 unspecified atom stereocenters. The minimum Gasteiger partial charge on any atom is -0.352 e. The third kappa shape index (κ3) is 7.86. The van der Waals surface area contributed by atoms with E-state index in [-0.39, 0.29) is 23.4 Å². The molecule has 3 rings (SSSR count). The molecular weight excluding hydrogens is 614 g/mol. The van der Waals surface area contributed by atoms with Gasteiger partial charge in [-0.2, -0.15) is 0 Å². The van der Waals surface area contributed by atoms with Gasteiger partial charge in [0.2, 0.25) is 11.8 Å². The fraction of sp³-hybridized carbons (Fsp3) is 0.333. The molecule has 0 fully saturated rings. The molecule has 0 saturated heterocycles. The molecular formula is C30H35BrClN3O4S. The summed E-state index contributed by atoms with van der Waals surface area (Å²) in [4.78, 5) is 28.7. The van der Waals surface area contributed by atoms with Crippen molar-refractivity contribution >= 4 is 55.1 Å². The number of aryl methyl sites for hydroxylation is 2. The fourth-order valence-corrected chi connectivity index (χ4v) is 6.17. The average Bonchev–Trinajstić information content (AvgIpc) is 2.91. The van der Waals surface area contributed by atoms with Gasteiger partial charge in [0.1, 0.15) is 12.6 Å². The molecule has 10 heteroatoms. The van der Waals surface area contributed by atoms with Gasteiger partial charge in [0.05, 0.1) is 10.6 Å². The molecule has 0 heterocycles. The predicted octanol–water partition coefficient (Wildman–Crippen LogP) is 6.25. The molecule has 2 amide bonds. The number of nitrogens with one attached hydrogen (secondary N) is 1. The molecule has 0 aliphatic rings. The number of carbonyl (C=O) groups is 2. The summed E-state index contributed by atoms with van der Waals surface area (Å²) in [6, 6.07) is 17.9. The monoisotopic (exact) mass is 647 g/mol. The number of halogens is 2. The zero-order valence-corrected chi connectivity index (χ0v) is 26.5. The van der Waals surface area contributed by atoms with Crippen LogP contribution in [0.5, 0.6) is 0 Å². The van der Waals surface area contributed by atoms with Crippen LogP contribution >= 0.6 is 27.5 Å². The summed E-state index contributed by atoms with van der Waals surface area (Å²) < 4.78 is 29.9.